The van der Waals surface area contributed by atoms with Crippen LogP contribution in [0.15, 0.2) is 54.6 Å². The van der Waals surface area contributed by atoms with Gasteiger partial charge >= 0.3 is 11.9 Å². The van der Waals surface area contributed by atoms with Crippen LogP contribution in [-0.4, -0.2) is 53.5 Å². The van der Waals surface area contributed by atoms with Crippen LogP contribution in [0.5, 0.6) is 0 Å². The standard InChI is InChI=1S/C22H24Cl2N2O2.C4H4O4/c1-26(21(27)14-25-16-7-3-2-4-8-16)20-12-11-15(23)13-18(20)22(28)17-9-5-6-10-19(17)24;5-3(6)1-2-4(7)8/h5-6,9-13,16,25H,2-4,7-8,14H2,1H3;1-2H,(H,5,6)(H,7,8)/b;2-1-. The van der Waals surface area contributed by atoms with Crippen LogP contribution in [0.25, 0.3) is 0 Å². The van der Waals surface area contributed by atoms with E-state index in [1.165, 1.54) is 24.2 Å². The van der Waals surface area contributed by atoms with Crippen LogP contribution in [0.2, 0.25) is 10.0 Å². The Kier molecular flexibility index (Phi) is 11.6. The number of carbonyl (C=O) groups excluding carboxylic acids is 2. The minimum absolute atomic E-state index is 0.0962. The number of benzene rings is 2. The number of ketones is 1. The Morgan fingerprint density at radius 1 is 0.944 bits per heavy atom. The molecule has 1 aliphatic carbocycles. The first-order valence-corrected chi connectivity index (χ1v) is 12.1. The molecule has 8 nitrogen and oxygen atoms in total. The third-order valence-corrected chi connectivity index (χ3v) is 6.14. The zero-order valence-electron chi connectivity index (χ0n) is 19.7. The molecule has 2 aromatic carbocycles. The fourth-order valence-electron chi connectivity index (χ4n) is 3.71. The number of carboxylic acid groups (broad SMARTS) is 2. The number of likely N-dealkylation sites (N-methyl/N-ethyl adjacent to an activating group) is 1. The van der Waals surface area contributed by atoms with Crippen molar-refractivity contribution in [3.8, 4) is 0 Å². The summed E-state index contributed by atoms with van der Waals surface area (Å²) in [6, 6.07) is 12.2. The fourth-order valence-corrected chi connectivity index (χ4v) is 4.10. The first-order chi connectivity index (χ1) is 17.1. The third-order valence-electron chi connectivity index (χ3n) is 5.57. The van der Waals surface area contributed by atoms with E-state index in [2.05, 4.69) is 5.32 Å². The maximum atomic E-state index is 13.1. The highest BCUT2D eigenvalue weighted by molar-refractivity contribution is 6.36. The van der Waals surface area contributed by atoms with Crippen molar-refractivity contribution in [2.75, 3.05) is 18.5 Å². The van der Waals surface area contributed by atoms with Crippen LogP contribution in [0.4, 0.5) is 5.69 Å². The van der Waals surface area contributed by atoms with Gasteiger partial charge in [0.1, 0.15) is 0 Å². The van der Waals surface area contributed by atoms with Crippen LogP contribution in [0, 0.1) is 0 Å². The monoisotopic (exact) mass is 534 g/mol. The molecule has 0 aliphatic heterocycles. The topological polar surface area (TPSA) is 124 Å². The van der Waals surface area contributed by atoms with E-state index in [4.69, 9.17) is 33.4 Å². The Bertz CT molecular complexity index is 1110. The summed E-state index contributed by atoms with van der Waals surface area (Å²) in [4.78, 5) is 46.4. The second kappa shape index (κ2) is 14.4. The number of hydrogen-bond acceptors (Lipinski definition) is 5. The van der Waals surface area contributed by atoms with Gasteiger partial charge in [0.2, 0.25) is 5.91 Å². The fraction of sp³-hybridized carbons (Fsp3) is 0.308. The first-order valence-electron chi connectivity index (χ1n) is 11.3. The van der Waals surface area contributed by atoms with Crippen molar-refractivity contribution < 1.29 is 29.4 Å². The van der Waals surface area contributed by atoms with Gasteiger partial charge in [-0.25, -0.2) is 9.59 Å². The van der Waals surface area contributed by atoms with Crippen molar-refractivity contribution in [2.45, 2.75) is 38.1 Å². The van der Waals surface area contributed by atoms with Gasteiger partial charge in [-0.05, 0) is 43.2 Å². The second-order valence-electron chi connectivity index (χ2n) is 8.15. The molecule has 0 aromatic heterocycles. The van der Waals surface area contributed by atoms with Crippen LogP contribution in [0.1, 0.15) is 48.0 Å². The lowest BCUT2D eigenvalue weighted by molar-refractivity contribution is -0.134. The predicted molar refractivity (Wildman–Crippen MR) is 139 cm³/mol. The Hall–Kier alpha value is -3.20. The quantitative estimate of drug-likeness (QED) is 0.327. The van der Waals surface area contributed by atoms with Gasteiger partial charge in [-0.15, -0.1) is 0 Å². The molecule has 0 radical (unpaired) electrons. The molecular weight excluding hydrogens is 507 g/mol. The predicted octanol–water partition coefficient (Wildman–Crippen LogP) is 4.82. The molecule has 1 fully saturated rings. The third kappa shape index (κ3) is 9.11. The zero-order chi connectivity index (χ0) is 26.7. The summed E-state index contributed by atoms with van der Waals surface area (Å²) in [5, 5.41) is 19.8. The van der Waals surface area contributed by atoms with Gasteiger partial charge in [0.15, 0.2) is 5.78 Å². The Labute approximate surface area is 219 Å². The molecule has 1 amide bonds. The Morgan fingerprint density at radius 2 is 1.56 bits per heavy atom. The smallest absolute Gasteiger partial charge is 0.328 e. The van der Waals surface area contributed by atoms with E-state index in [9.17, 15) is 19.2 Å². The molecule has 36 heavy (non-hydrogen) atoms. The van der Waals surface area contributed by atoms with Gasteiger partial charge in [0, 0.05) is 41.4 Å². The molecule has 0 bridgehead atoms. The number of carboxylic acids is 2. The van der Waals surface area contributed by atoms with Crippen molar-refractivity contribution in [1.29, 1.82) is 0 Å². The normalized spacial score (nSPS) is 13.5. The molecule has 0 heterocycles. The van der Waals surface area contributed by atoms with Crippen LogP contribution in [-0.2, 0) is 14.4 Å². The number of amides is 1. The molecule has 1 aliphatic rings. The highest BCUT2D eigenvalue weighted by Gasteiger charge is 2.22. The van der Waals surface area contributed by atoms with Gasteiger partial charge in [-0.3, -0.25) is 9.59 Å². The average Bonchev–Trinajstić information content (AvgIpc) is 2.86. The van der Waals surface area contributed by atoms with E-state index < -0.39 is 11.9 Å². The molecule has 2 aromatic rings. The molecule has 0 saturated heterocycles. The highest BCUT2D eigenvalue weighted by Crippen LogP contribution is 2.28. The van der Waals surface area contributed by atoms with Crippen LogP contribution >= 0.6 is 23.2 Å². The minimum Gasteiger partial charge on any atom is -0.478 e. The first kappa shape index (κ1) is 29.0. The van der Waals surface area contributed by atoms with Crippen molar-refractivity contribution >= 4 is 52.5 Å². The number of carbonyl (C=O) groups is 4. The van der Waals surface area contributed by atoms with Crippen molar-refractivity contribution in [3.05, 3.63) is 75.8 Å². The lowest BCUT2D eigenvalue weighted by Gasteiger charge is -2.25. The molecule has 3 N–H and O–H groups in total. The van der Waals surface area contributed by atoms with E-state index in [1.807, 2.05) is 0 Å². The second-order valence-corrected chi connectivity index (χ2v) is 8.99. The van der Waals surface area contributed by atoms with Crippen LogP contribution in [0.3, 0.4) is 0 Å². The molecule has 3 rings (SSSR count). The summed E-state index contributed by atoms with van der Waals surface area (Å²) in [6.07, 6.45) is 7.00. The lowest BCUT2D eigenvalue weighted by Crippen LogP contribution is -2.41. The summed E-state index contributed by atoms with van der Waals surface area (Å²) in [5.74, 6) is -2.87. The van der Waals surface area contributed by atoms with Crippen molar-refractivity contribution in [1.82, 2.24) is 5.32 Å². The van der Waals surface area contributed by atoms with E-state index in [1.54, 1.807) is 49.5 Å². The lowest BCUT2D eigenvalue weighted by atomic mass is 9.95. The average molecular weight is 535 g/mol. The van der Waals surface area contributed by atoms with Crippen molar-refractivity contribution in [3.63, 3.8) is 0 Å². The van der Waals surface area contributed by atoms with Gasteiger partial charge < -0.3 is 20.4 Å². The maximum absolute atomic E-state index is 13.1. The molecule has 192 valence electrons. The maximum Gasteiger partial charge on any atom is 0.328 e. The zero-order valence-corrected chi connectivity index (χ0v) is 21.3. The summed E-state index contributed by atoms with van der Waals surface area (Å²) in [6.45, 7) is 0.240. The number of nitrogens with zero attached hydrogens (tertiary/aromatic N) is 1. The van der Waals surface area contributed by atoms with E-state index in [0.717, 1.165) is 12.8 Å². The number of halogens is 2. The number of anilines is 1. The summed E-state index contributed by atoms with van der Waals surface area (Å²) < 4.78 is 0. The van der Waals surface area contributed by atoms with E-state index in [-0.39, 0.29) is 18.2 Å². The van der Waals surface area contributed by atoms with Gasteiger partial charge in [-0.2, -0.15) is 0 Å². The van der Waals surface area contributed by atoms with Crippen LogP contribution < -0.4 is 10.2 Å². The summed E-state index contributed by atoms with van der Waals surface area (Å²) in [7, 11) is 1.68. The molecule has 1 saturated carbocycles. The number of rotatable bonds is 8. The van der Waals surface area contributed by atoms with Gasteiger partial charge in [0.25, 0.3) is 0 Å². The number of hydrogen-bond donors (Lipinski definition) is 3. The molecule has 0 spiro atoms. The number of aliphatic carboxylic acids is 2. The Balaban J connectivity index is 0.000000493. The highest BCUT2D eigenvalue weighted by atomic mass is 35.5. The summed E-state index contributed by atoms with van der Waals surface area (Å²) in [5.41, 5.74) is 1.26. The Morgan fingerprint density at radius 3 is 2.14 bits per heavy atom. The van der Waals surface area contributed by atoms with Crippen molar-refractivity contribution in [2.24, 2.45) is 0 Å². The largest absolute Gasteiger partial charge is 0.478 e. The summed E-state index contributed by atoms with van der Waals surface area (Å²) >= 11 is 12.3. The minimum atomic E-state index is -1.26. The SMILES string of the molecule is CN(C(=O)CNC1CCCCC1)c1ccc(Cl)cc1C(=O)c1ccccc1Cl.O=C(O)/C=C\C(=O)O. The van der Waals surface area contributed by atoms with Gasteiger partial charge in [-0.1, -0.05) is 54.6 Å². The molecule has 0 unspecified atom stereocenters. The molecular formula is C26H28Cl2N2O6. The van der Waals surface area contributed by atoms with Gasteiger partial charge in [0.05, 0.1) is 17.3 Å². The molecule has 10 heteroatoms. The van der Waals surface area contributed by atoms with E-state index >= 15 is 0 Å². The number of nitrogens with one attached hydrogen (secondary N) is 1. The molecule has 0 atom stereocenters. The van der Waals surface area contributed by atoms with E-state index in [0.29, 0.717) is 45.1 Å².